The molecule has 0 saturated heterocycles. The van der Waals surface area contributed by atoms with E-state index in [9.17, 15) is 9.18 Å². The van der Waals surface area contributed by atoms with Crippen molar-refractivity contribution in [1.29, 1.82) is 0 Å². The van der Waals surface area contributed by atoms with E-state index in [0.29, 0.717) is 34.8 Å². The van der Waals surface area contributed by atoms with Crippen molar-refractivity contribution in [3.05, 3.63) is 42.6 Å². The van der Waals surface area contributed by atoms with Gasteiger partial charge < -0.3 is 4.74 Å². The van der Waals surface area contributed by atoms with Gasteiger partial charge in [-0.3, -0.25) is 20.2 Å². The Kier molecular flexibility index (Phi) is 3.99. The number of amides is 1. The Morgan fingerprint density at radius 3 is 2.86 bits per heavy atom. The first kappa shape index (κ1) is 17.1. The number of carbonyl (C=O) groups excluding carboxylic acids is 1. The number of nitrogens with zero attached hydrogens (tertiary/aromatic N) is 3. The number of rotatable bonds is 5. The summed E-state index contributed by atoms with van der Waals surface area (Å²) in [6.45, 7) is 1.96. The highest BCUT2D eigenvalue weighted by molar-refractivity contribution is 5.91. The molecule has 1 aromatic carbocycles. The molecule has 1 unspecified atom stereocenters. The van der Waals surface area contributed by atoms with Crippen LogP contribution in [0.2, 0.25) is 0 Å². The third-order valence-electron chi connectivity index (χ3n) is 6.07. The predicted octanol–water partition coefficient (Wildman–Crippen LogP) is 3.17. The lowest BCUT2D eigenvalue weighted by molar-refractivity contribution is -0.120. The zero-order valence-electron chi connectivity index (χ0n) is 15.3. The van der Waals surface area contributed by atoms with E-state index in [0.717, 1.165) is 18.4 Å². The summed E-state index contributed by atoms with van der Waals surface area (Å²) in [4.78, 5) is 20.6. The summed E-state index contributed by atoms with van der Waals surface area (Å²) in [5.74, 6) is 1.88. The van der Waals surface area contributed by atoms with Crippen LogP contribution in [0.5, 0.6) is 5.75 Å². The molecule has 0 spiro atoms. The molecule has 7 nitrogen and oxygen atoms in total. The smallest absolute Gasteiger partial charge is 0.248 e. The molecular formula is C20H20FN5O2. The number of carbonyl (C=O) groups is 1. The molecule has 28 heavy (non-hydrogen) atoms. The van der Waals surface area contributed by atoms with Gasteiger partial charge in [-0.2, -0.15) is 0 Å². The third kappa shape index (κ3) is 2.98. The van der Waals surface area contributed by atoms with Crippen LogP contribution in [0.15, 0.2) is 36.8 Å². The van der Waals surface area contributed by atoms with Crippen molar-refractivity contribution < 1.29 is 13.9 Å². The maximum absolute atomic E-state index is 13.6. The van der Waals surface area contributed by atoms with Gasteiger partial charge in [-0.1, -0.05) is 6.92 Å². The number of fused-ring (bicyclic) bond motifs is 2. The van der Waals surface area contributed by atoms with E-state index in [1.165, 1.54) is 18.5 Å². The number of aromatic nitrogens is 4. The summed E-state index contributed by atoms with van der Waals surface area (Å²) < 4.78 is 19.8. The minimum absolute atomic E-state index is 0.0490. The van der Waals surface area contributed by atoms with Gasteiger partial charge in [0.05, 0.1) is 11.6 Å². The molecule has 2 aliphatic carbocycles. The first-order valence-electron chi connectivity index (χ1n) is 9.47. The number of pyridine rings is 1. The highest BCUT2D eigenvalue weighted by Gasteiger charge is 2.59. The molecule has 5 rings (SSSR count). The second kappa shape index (κ2) is 6.54. The van der Waals surface area contributed by atoms with E-state index in [2.05, 4.69) is 25.5 Å². The second-order valence-corrected chi connectivity index (χ2v) is 7.69. The summed E-state index contributed by atoms with van der Waals surface area (Å²) in [7, 11) is 0. The number of H-pyrrole nitrogens is 1. The largest absolute Gasteiger partial charge is 0.490 e. The SMILES string of the molecule is CC(C(=O)Nc1nc[nH]n1)[C@H]1[C@@H]2C[C@H](Oc3ccnc4ccc(F)cc34)C[C@@H]21. The quantitative estimate of drug-likeness (QED) is 0.708. The molecule has 144 valence electrons. The zero-order chi connectivity index (χ0) is 19.3. The number of anilines is 1. The van der Waals surface area contributed by atoms with Gasteiger partial charge in [0.25, 0.3) is 0 Å². The highest BCUT2D eigenvalue weighted by Crippen LogP contribution is 2.61. The Balaban J connectivity index is 1.21. The fourth-order valence-corrected chi connectivity index (χ4v) is 4.72. The molecule has 2 aliphatic rings. The first-order chi connectivity index (χ1) is 13.6. The van der Waals surface area contributed by atoms with Gasteiger partial charge in [0, 0.05) is 17.5 Å². The topological polar surface area (TPSA) is 92.8 Å². The summed E-state index contributed by atoms with van der Waals surface area (Å²) in [5, 5.41) is 9.88. The molecule has 5 atom stereocenters. The molecule has 2 saturated carbocycles. The van der Waals surface area contributed by atoms with Crippen LogP contribution in [0.25, 0.3) is 10.9 Å². The number of nitrogens with one attached hydrogen (secondary N) is 2. The van der Waals surface area contributed by atoms with Gasteiger partial charge in [0.1, 0.15) is 17.9 Å². The third-order valence-corrected chi connectivity index (χ3v) is 6.07. The summed E-state index contributed by atoms with van der Waals surface area (Å²) >= 11 is 0. The average molecular weight is 381 g/mol. The maximum Gasteiger partial charge on any atom is 0.248 e. The van der Waals surface area contributed by atoms with Crippen LogP contribution in [0, 0.1) is 29.5 Å². The van der Waals surface area contributed by atoms with Crippen molar-refractivity contribution in [2.24, 2.45) is 23.7 Å². The second-order valence-electron chi connectivity index (χ2n) is 7.69. The van der Waals surface area contributed by atoms with Gasteiger partial charge in [-0.15, -0.1) is 5.10 Å². The van der Waals surface area contributed by atoms with Gasteiger partial charge in [-0.05, 0) is 54.9 Å². The van der Waals surface area contributed by atoms with E-state index >= 15 is 0 Å². The number of benzene rings is 1. The lowest BCUT2D eigenvalue weighted by Crippen LogP contribution is -2.26. The van der Waals surface area contributed by atoms with Crippen LogP contribution >= 0.6 is 0 Å². The number of ether oxygens (including phenoxy) is 1. The van der Waals surface area contributed by atoms with E-state index in [-0.39, 0.29) is 23.7 Å². The standard InChI is InChI=1S/C20H20FN5O2/c1-10(19(27)25-20-23-9-24-26-20)18-13-7-12(8-14(13)18)28-17-4-5-22-16-3-2-11(21)6-15(16)17/h2-6,9-10,12-14,18H,7-8H2,1H3,(H2,23,24,25,26,27)/t10?,12-,13+,14-,18-. The summed E-state index contributed by atoms with van der Waals surface area (Å²) in [5.41, 5.74) is 0.720. The Morgan fingerprint density at radius 2 is 2.11 bits per heavy atom. The maximum atomic E-state index is 13.6. The minimum atomic E-state index is -0.300. The van der Waals surface area contributed by atoms with Crippen molar-refractivity contribution in [1.82, 2.24) is 20.2 Å². The highest BCUT2D eigenvalue weighted by atomic mass is 19.1. The summed E-state index contributed by atoms with van der Waals surface area (Å²) in [6, 6.07) is 6.31. The van der Waals surface area contributed by atoms with Crippen LogP contribution in [-0.2, 0) is 4.79 Å². The Labute approximate surface area is 160 Å². The zero-order valence-corrected chi connectivity index (χ0v) is 15.3. The Bertz CT molecular complexity index is 1010. The monoisotopic (exact) mass is 381 g/mol. The van der Waals surface area contributed by atoms with E-state index in [4.69, 9.17) is 4.74 Å². The van der Waals surface area contributed by atoms with Crippen LogP contribution in [0.3, 0.4) is 0 Å². The van der Waals surface area contributed by atoms with Crippen LogP contribution in [0.4, 0.5) is 10.3 Å². The van der Waals surface area contributed by atoms with E-state index < -0.39 is 0 Å². The van der Waals surface area contributed by atoms with Crippen LogP contribution in [0.1, 0.15) is 19.8 Å². The average Bonchev–Trinajstić information content (AvgIpc) is 3.04. The lowest BCUT2D eigenvalue weighted by atomic mass is 9.97. The normalized spacial score (nSPS) is 26.6. The fraction of sp³-hybridized carbons (Fsp3) is 0.400. The van der Waals surface area contributed by atoms with Crippen molar-refractivity contribution >= 4 is 22.8 Å². The van der Waals surface area contributed by atoms with Crippen molar-refractivity contribution in [2.45, 2.75) is 25.9 Å². The number of hydrogen-bond donors (Lipinski definition) is 2. The Hall–Kier alpha value is -3.03. The van der Waals surface area contributed by atoms with Crippen LogP contribution in [-0.4, -0.2) is 32.2 Å². The molecular weight excluding hydrogens is 361 g/mol. The minimum Gasteiger partial charge on any atom is -0.490 e. The van der Waals surface area contributed by atoms with Gasteiger partial charge in [0.2, 0.25) is 11.9 Å². The number of hydrogen-bond acceptors (Lipinski definition) is 5. The van der Waals surface area contributed by atoms with Crippen LogP contribution < -0.4 is 10.1 Å². The molecule has 8 heteroatoms. The molecule has 1 amide bonds. The summed E-state index contributed by atoms with van der Waals surface area (Å²) in [6.07, 6.45) is 5.02. The van der Waals surface area contributed by atoms with Gasteiger partial charge >= 0.3 is 0 Å². The molecule has 2 fully saturated rings. The van der Waals surface area contributed by atoms with E-state index in [1.54, 1.807) is 18.3 Å². The molecule has 2 heterocycles. The van der Waals surface area contributed by atoms with Crippen molar-refractivity contribution in [2.75, 3.05) is 5.32 Å². The molecule has 0 radical (unpaired) electrons. The molecule has 0 bridgehead atoms. The lowest BCUT2D eigenvalue weighted by Gasteiger charge is -2.20. The fourth-order valence-electron chi connectivity index (χ4n) is 4.72. The van der Waals surface area contributed by atoms with E-state index in [1.807, 2.05) is 6.92 Å². The molecule has 0 aliphatic heterocycles. The van der Waals surface area contributed by atoms with Gasteiger partial charge in [0.15, 0.2) is 0 Å². The first-order valence-corrected chi connectivity index (χ1v) is 9.47. The number of halogens is 1. The molecule has 2 N–H and O–H groups in total. The number of aromatic amines is 1. The predicted molar refractivity (Wildman–Crippen MR) is 100.0 cm³/mol. The molecule has 3 aromatic rings. The van der Waals surface area contributed by atoms with Gasteiger partial charge in [-0.25, -0.2) is 9.37 Å². The van der Waals surface area contributed by atoms with Crippen molar-refractivity contribution in [3.63, 3.8) is 0 Å². The van der Waals surface area contributed by atoms with Crippen molar-refractivity contribution in [3.8, 4) is 5.75 Å². The Morgan fingerprint density at radius 1 is 1.29 bits per heavy atom. The molecule has 2 aromatic heterocycles.